The van der Waals surface area contributed by atoms with Crippen molar-refractivity contribution in [1.29, 1.82) is 0 Å². The fourth-order valence-electron chi connectivity index (χ4n) is 2.26. The van der Waals surface area contributed by atoms with E-state index >= 15 is 0 Å². The summed E-state index contributed by atoms with van der Waals surface area (Å²) < 4.78 is 11.3. The molecule has 3 aromatic rings. The van der Waals surface area contributed by atoms with Crippen LogP contribution in [0.25, 0.3) is 10.9 Å². The molecule has 3 rings (SSSR count). The summed E-state index contributed by atoms with van der Waals surface area (Å²) in [7, 11) is 1.59. The van der Waals surface area contributed by atoms with Gasteiger partial charge in [0.25, 0.3) is 0 Å². The van der Waals surface area contributed by atoms with E-state index < -0.39 is 11.4 Å². The molecule has 5 nitrogen and oxygen atoms in total. The second-order valence-corrected chi connectivity index (χ2v) is 5.19. The van der Waals surface area contributed by atoms with Crippen LogP contribution in [0.4, 0.5) is 0 Å². The molecule has 0 radical (unpaired) electrons. The number of rotatable bonds is 3. The average molecular weight is 318 g/mol. The molecule has 2 aromatic carbocycles. The first-order valence-electron chi connectivity index (χ1n) is 6.54. The van der Waals surface area contributed by atoms with Crippen molar-refractivity contribution >= 4 is 22.5 Å². The van der Waals surface area contributed by atoms with Crippen LogP contribution in [0.5, 0.6) is 5.75 Å². The molecule has 0 amide bonds. The monoisotopic (exact) mass is 317 g/mol. The van der Waals surface area contributed by atoms with Crippen LogP contribution in [0.15, 0.2) is 56.5 Å². The first-order valence-corrected chi connectivity index (χ1v) is 6.92. The molecule has 0 spiro atoms. The van der Waals surface area contributed by atoms with Crippen LogP contribution >= 0.6 is 11.6 Å². The number of hydrogen-bond donors (Lipinski definition) is 0. The van der Waals surface area contributed by atoms with Gasteiger partial charge in [-0.2, -0.15) is 0 Å². The number of aromatic nitrogens is 1. The molecule has 1 aromatic heterocycles. The highest BCUT2D eigenvalue weighted by Gasteiger charge is 2.10. The fourth-order valence-corrected chi connectivity index (χ4v) is 2.43. The smallest absolute Gasteiger partial charge is 0.422 e. The zero-order valence-electron chi connectivity index (χ0n) is 11.7. The van der Waals surface area contributed by atoms with Gasteiger partial charge in [0.2, 0.25) is 0 Å². The van der Waals surface area contributed by atoms with Gasteiger partial charge in [-0.1, -0.05) is 23.7 Å². The number of benzene rings is 2. The van der Waals surface area contributed by atoms with Crippen LogP contribution in [-0.2, 0) is 6.54 Å². The van der Waals surface area contributed by atoms with Crippen LogP contribution in [-0.4, -0.2) is 11.7 Å². The van der Waals surface area contributed by atoms with Crippen molar-refractivity contribution in [2.24, 2.45) is 0 Å². The third kappa shape index (κ3) is 2.63. The Morgan fingerprint density at radius 3 is 2.55 bits per heavy atom. The molecule has 0 saturated carbocycles. The summed E-state index contributed by atoms with van der Waals surface area (Å²) in [6.07, 6.45) is 0. The summed E-state index contributed by atoms with van der Waals surface area (Å²) in [5.41, 5.74) is 0.683. The maximum atomic E-state index is 12.0. The Morgan fingerprint density at radius 2 is 1.86 bits per heavy atom. The van der Waals surface area contributed by atoms with E-state index in [1.54, 1.807) is 31.4 Å². The van der Waals surface area contributed by atoms with Crippen molar-refractivity contribution in [3.8, 4) is 5.75 Å². The number of nitrogens with zero attached hydrogens (tertiary/aromatic N) is 1. The van der Waals surface area contributed by atoms with Crippen LogP contribution in [0.1, 0.15) is 5.56 Å². The summed E-state index contributed by atoms with van der Waals surface area (Å²) in [5, 5.41) is 0.690. The van der Waals surface area contributed by atoms with Gasteiger partial charge in [0.15, 0.2) is 0 Å². The minimum atomic E-state index is -0.698. The molecular weight excluding hydrogens is 306 g/mol. The Hall–Kier alpha value is -2.53. The Bertz CT molecular complexity index is 941. The zero-order chi connectivity index (χ0) is 15.7. The quantitative estimate of drug-likeness (QED) is 0.745. The highest BCUT2D eigenvalue weighted by molar-refractivity contribution is 6.31. The summed E-state index contributed by atoms with van der Waals surface area (Å²) in [6.45, 7) is 0.282. The largest absolute Gasteiger partial charge is 0.497 e. The average Bonchev–Trinajstić information content (AvgIpc) is 2.52. The Kier molecular flexibility index (Phi) is 3.73. The maximum Gasteiger partial charge on any atom is 0.422 e. The third-order valence-electron chi connectivity index (χ3n) is 3.37. The Morgan fingerprint density at radius 1 is 1.14 bits per heavy atom. The molecule has 1 heterocycles. The van der Waals surface area contributed by atoms with E-state index in [2.05, 4.69) is 0 Å². The van der Waals surface area contributed by atoms with Crippen LogP contribution in [0.2, 0.25) is 5.02 Å². The Balaban J connectivity index is 2.13. The van der Waals surface area contributed by atoms with Gasteiger partial charge in [0, 0.05) is 5.02 Å². The van der Waals surface area contributed by atoms with E-state index in [4.69, 9.17) is 20.8 Å². The summed E-state index contributed by atoms with van der Waals surface area (Å²) in [4.78, 5) is 23.8. The van der Waals surface area contributed by atoms with Crippen molar-refractivity contribution in [1.82, 2.24) is 4.57 Å². The van der Waals surface area contributed by atoms with Gasteiger partial charge < -0.3 is 9.15 Å². The maximum absolute atomic E-state index is 12.0. The molecule has 0 N–H and O–H groups in total. The second-order valence-electron chi connectivity index (χ2n) is 4.75. The number of hydrogen-bond acceptors (Lipinski definition) is 4. The summed E-state index contributed by atoms with van der Waals surface area (Å²) in [5.74, 6) is 0.0305. The van der Waals surface area contributed by atoms with Gasteiger partial charge in [-0.15, -0.1) is 0 Å². The molecule has 6 heteroatoms. The number of ether oxygens (including phenoxy) is 1. The standard InChI is InChI=1S/C16H12ClNO4/c1-21-12-5-2-10(3-6-12)9-18-14-7-4-11(17)8-13(14)15(19)22-16(18)20/h2-8H,9H2,1H3. The van der Waals surface area contributed by atoms with Gasteiger partial charge in [0.1, 0.15) is 5.75 Å². The lowest BCUT2D eigenvalue weighted by atomic mass is 10.2. The third-order valence-corrected chi connectivity index (χ3v) is 3.60. The molecule has 0 aliphatic heterocycles. The molecule has 0 aliphatic carbocycles. The van der Waals surface area contributed by atoms with Crippen molar-refractivity contribution < 1.29 is 9.15 Å². The van der Waals surface area contributed by atoms with Gasteiger partial charge in [-0.3, -0.25) is 4.57 Å². The normalized spacial score (nSPS) is 10.8. The van der Waals surface area contributed by atoms with Crippen molar-refractivity contribution in [2.45, 2.75) is 6.54 Å². The van der Waals surface area contributed by atoms with Crippen LogP contribution in [0, 0.1) is 0 Å². The molecule has 0 unspecified atom stereocenters. The van der Waals surface area contributed by atoms with Crippen molar-refractivity contribution in [2.75, 3.05) is 7.11 Å². The highest BCUT2D eigenvalue weighted by atomic mass is 35.5. The fraction of sp³-hybridized carbons (Fsp3) is 0.125. The van der Waals surface area contributed by atoms with Crippen LogP contribution < -0.4 is 16.1 Å². The number of fused-ring (bicyclic) bond motifs is 1. The van der Waals surface area contributed by atoms with E-state index in [9.17, 15) is 9.59 Å². The van der Waals surface area contributed by atoms with Gasteiger partial charge in [-0.05, 0) is 35.9 Å². The highest BCUT2D eigenvalue weighted by Crippen LogP contribution is 2.17. The Labute approximate surface area is 130 Å². The molecule has 0 atom stereocenters. The second kappa shape index (κ2) is 5.69. The number of halogens is 1. The summed E-state index contributed by atoms with van der Waals surface area (Å²) in [6, 6.07) is 12.1. The molecule has 0 bridgehead atoms. The van der Waals surface area contributed by atoms with Gasteiger partial charge >= 0.3 is 11.4 Å². The number of methoxy groups -OCH3 is 1. The molecule has 0 aliphatic rings. The van der Waals surface area contributed by atoms with Gasteiger partial charge in [0.05, 0.1) is 24.6 Å². The topological polar surface area (TPSA) is 61.4 Å². The minimum Gasteiger partial charge on any atom is -0.497 e. The van der Waals surface area contributed by atoms with E-state index in [1.165, 1.54) is 10.6 Å². The first kappa shape index (κ1) is 14.4. The zero-order valence-corrected chi connectivity index (χ0v) is 12.5. The molecule has 0 saturated heterocycles. The van der Waals surface area contributed by atoms with E-state index in [0.717, 1.165) is 11.3 Å². The first-order chi connectivity index (χ1) is 10.6. The SMILES string of the molecule is COc1ccc(Cn2c(=O)oc(=O)c3cc(Cl)ccc32)cc1. The molecular formula is C16H12ClNO4. The lowest BCUT2D eigenvalue weighted by Crippen LogP contribution is -2.25. The van der Waals surface area contributed by atoms with Gasteiger partial charge in [-0.25, -0.2) is 9.59 Å². The van der Waals surface area contributed by atoms with Crippen molar-refractivity contribution in [3.05, 3.63) is 74.0 Å². The predicted molar refractivity (Wildman–Crippen MR) is 83.9 cm³/mol. The van der Waals surface area contributed by atoms with Crippen LogP contribution in [0.3, 0.4) is 0 Å². The lowest BCUT2D eigenvalue weighted by molar-refractivity contribution is 0.414. The van der Waals surface area contributed by atoms with E-state index in [1.807, 2.05) is 12.1 Å². The predicted octanol–water partition coefficient (Wildman–Crippen LogP) is 2.67. The minimum absolute atomic E-state index is 0.278. The molecule has 112 valence electrons. The van der Waals surface area contributed by atoms with E-state index in [0.29, 0.717) is 10.5 Å². The van der Waals surface area contributed by atoms with E-state index in [-0.39, 0.29) is 11.9 Å². The molecule has 0 fully saturated rings. The van der Waals surface area contributed by atoms with Crippen molar-refractivity contribution in [3.63, 3.8) is 0 Å². The summed E-state index contributed by atoms with van der Waals surface area (Å²) >= 11 is 5.89. The lowest BCUT2D eigenvalue weighted by Gasteiger charge is -2.09. The molecule has 22 heavy (non-hydrogen) atoms.